The van der Waals surface area contributed by atoms with Gasteiger partial charge in [-0.2, -0.15) is 20.1 Å². The molecule has 0 aromatic carbocycles. The molecule has 1 saturated heterocycles. The van der Waals surface area contributed by atoms with Crippen molar-refractivity contribution in [1.82, 2.24) is 40.0 Å². The Morgan fingerprint density at radius 3 is 2.58 bits per heavy atom. The molecular weight excluding hydrogens is 401 g/mol. The second-order valence-electron chi connectivity index (χ2n) is 7.82. The third-order valence-electron chi connectivity index (χ3n) is 5.12. The summed E-state index contributed by atoms with van der Waals surface area (Å²) in [7, 11) is 4.15. The molecule has 3 N–H and O–H groups in total. The number of aryl methyl sites for hydroxylation is 1. The van der Waals surface area contributed by atoms with Crippen LogP contribution < -0.4 is 15.5 Å². The molecule has 3 aromatic rings. The van der Waals surface area contributed by atoms with Crippen molar-refractivity contribution in [2.24, 2.45) is 0 Å². The molecule has 0 spiro atoms. The van der Waals surface area contributed by atoms with Crippen LogP contribution in [0.1, 0.15) is 30.9 Å². The van der Waals surface area contributed by atoms with E-state index in [1.54, 1.807) is 0 Å². The highest BCUT2D eigenvalue weighted by Gasteiger charge is 2.27. The average Bonchev–Trinajstić information content (AvgIpc) is 3.38. The smallest absolute Gasteiger partial charge is 0.235 e. The lowest BCUT2D eigenvalue weighted by Crippen LogP contribution is -2.32. The molecule has 2 atom stereocenters. The van der Waals surface area contributed by atoms with Gasteiger partial charge in [0.25, 0.3) is 0 Å². The van der Waals surface area contributed by atoms with Crippen LogP contribution in [0.5, 0.6) is 0 Å². The number of aromatic amines is 1. The topological polar surface area (TPSA) is 124 Å². The first-order valence-corrected chi connectivity index (χ1v) is 10.1. The zero-order valence-corrected chi connectivity index (χ0v) is 18.0. The van der Waals surface area contributed by atoms with Gasteiger partial charge in [-0.1, -0.05) is 0 Å². The third kappa shape index (κ3) is 5.02. The maximum absolute atomic E-state index is 13.1. The van der Waals surface area contributed by atoms with Gasteiger partial charge in [-0.05, 0) is 34.4 Å². The quantitative estimate of drug-likeness (QED) is 0.515. The number of rotatable bonds is 7. The van der Waals surface area contributed by atoms with Crippen LogP contribution in [0.25, 0.3) is 0 Å². The second kappa shape index (κ2) is 8.76. The van der Waals surface area contributed by atoms with Crippen molar-refractivity contribution in [2.75, 3.05) is 42.7 Å². The van der Waals surface area contributed by atoms with E-state index < -0.39 is 5.82 Å². The van der Waals surface area contributed by atoms with Gasteiger partial charge in [-0.3, -0.25) is 5.10 Å². The summed E-state index contributed by atoms with van der Waals surface area (Å²) in [4.78, 5) is 26.1. The number of hydrogen-bond acceptors (Lipinski definition) is 10. The molecule has 0 radical (unpaired) electrons. The van der Waals surface area contributed by atoms with Crippen molar-refractivity contribution in [2.45, 2.75) is 32.4 Å². The van der Waals surface area contributed by atoms with Crippen molar-refractivity contribution in [3.63, 3.8) is 0 Å². The fourth-order valence-corrected chi connectivity index (χ4v) is 3.37. The molecule has 1 aliphatic rings. The van der Waals surface area contributed by atoms with Crippen LogP contribution in [-0.2, 0) is 0 Å². The molecule has 0 bridgehead atoms. The van der Waals surface area contributed by atoms with Crippen molar-refractivity contribution in [1.29, 1.82) is 0 Å². The summed E-state index contributed by atoms with van der Waals surface area (Å²) in [6.07, 6.45) is 3.30. The van der Waals surface area contributed by atoms with Crippen molar-refractivity contribution < 1.29 is 4.39 Å². The first-order chi connectivity index (χ1) is 14.9. The van der Waals surface area contributed by atoms with Gasteiger partial charge in [0.2, 0.25) is 17.8 Å². The number of aromatic nitrogens is 7. The Morgan fingerprint density at radius 1 is 1.19 bits per heavy atom. The number of hydrogen-bond donors (Lipinski definition) is 3. The Balaban J connectivity index is 1.60. The Hall–Kier alpha value is -3.41. The first-order valence-electron chi connectivity index (χ1n) is 10.1. The summed E-state index contributed by atoms with van der Waals surface area (Å²) in [6, 6.07) is 1.97. The molecule has 0 aliphatic carbocycles. The van der Waals surface area contributed by atoms with Gasteiger partial charge in [0.1, 0.15) is 5.82 Å². The Labute approximate surface area is 179 Å². The van der Waals surface area contributed by atoms with Crippen LogP contribution in [0.4, 0.5) is 28.1 Å². The largest absolute Gasteiger partial charge is 0.344 e. The number of nitrogens with one attached hydrogen (secondary N) is 3. The van der Waals surface area contributed by atoms with Crippen LogP contribution >= 0.6 is 0 Å². The lowest BCUT2D eigenvalue weighted by atomic mass is 10.2. The van der Waals surface area contributed by atoms with Gasteiger partial charge >= 0.3 is 0 Å². The Kier molecular flexibility index (Phi) is 5.89. The van der Waals surface area contributed by atoms with E-state index in [9.17, 15) is 4.39 Å². The summed E-state index contributed by atoms with van der Waals surface area (Å²) in [5.41, 5.74) is 0.922. The molecule has 3 aromatic heterocycles. The standard InChI is InChI=1S/C19H26FN11/c1-11-7-15(29-28-11)24-18-25-17(23-12(2)16-21-8-13(20)9-22-16)26-19(27-18)31-6-5-14(10-31)30(3)4/h7-9,12,14H,5-6,10H2,1-4H3,(H3,23,24,25,26,27,28,29)/t12-,14-/m0/s1. The molecule has 0 amide bonds. The summed E-state index contributed by atoms with van der Waals surface area (Å²) in [6.45, 7) is 5.46. The van der Waals surface area contributed by atoms with Gasteiger partial charge < -0.3 is 20.4 Å². The highest BCUT2D eigenvalue weighted by molar-refractivity contribution is 5.53. The normalized spacial score (nSPS) is 17.2. The molecule has 11 nitrogen and oxygen atoms in total. The molecular formula is C19H26FN11. The monoisotopic (exact) mass is 427 g/mol. The summed E-state index contributed by atoms with van der Waals surface area (Å²) in [5, 5.41) is 13.4. The highest BCUT2D eigenvalue weighted by atomic mass is 19.1. The SMILES string of the molecule is Cc1cc(Nc2nc(N[C@@H](C)c3ncc(F)cn3)nc(N3CC[C@H](N(C)C)C3)n2)n[nH]1. The van der Waals surface area contributed by atoms with E-state index in [1.165, 1.54) is 0 Å². The van der Waals surface area contributed by atoms with E-state index in [0.717, 1.165) is 37.6 Å². The minimum absolute atomic E-state index is 0.329. The van der Waals surface area contributed by atoms with Crippen LogP contribution in [0.15, 0.2) is 18.5 Å². The molecule has 12 heteroatoms. The summed E-state index contributed by atoms with van der Waals surface area (Å²) >= 11 is 0. The van der Waals surface area contributed by atoms with Crippen molar-refractivity contribution in [3.05, 3.63) is 35.8 Å². The molecule has 0 unspecified atom stereocenters. The van der Waals surface area contributed by atoms with Gasteiger partial charge in [-0.25, -0.2) is 14.4 Å². The zero-order valence-electron chi connectivity index (χ0n) is 18.0. The summed E-state index contributed by atoms with van der Waals surface area (Å²) in [5.74, 6) is 1.89. The van der Waals surface area contributed by atoms with Crippen molar-refractivity contribution >= 4 is 23.7 Å². The lowest BCUT2D eigenvalue weighted by Gasteiger charge is -2.21. The molecule has 1 fully saturated rings. The maximum Gasteiger partial charge on any atom is 0.235 e. The molecule has 4 heterocycles. The molecule has 0 saturated carbocycles. The summed E-state index contributed by atoms with van der Waals surface area (Å²) < 4.78 is 13.1. The fourth-order valence-electron chi connectivity index (χ4n) is 3.37. The predicted octanol–water partition coefficient (Wildman–Crippen LogP) is 1.89. The predicted molar refractivity (Wildman–Crippen MR) is 115 cm³/mol. The van der Waals surface area contributed by atoms with Gasteiger partial charge in [0.05, 0.1) is 18.4 Å². The van der Waals surface area contributed by atoms with Crippen LogP contribution in [0, 0.1) is 12.7 Å². The number of anilines is 4. The minimum atomic E-state index is -0.483. The van der Waals surface area contributed by atoms with E-state index in [-0.39, 0.29) is 6.04 Å². The van der Waals surface area contributed by atoms with E-state index in [2.05, 4.69) is 69.6 Å². The fraction of sp³-hybridized carbons (Fsp3) is 0.474. The Morgan fingerprint density at radius 2 is 1.94 bits per heavy atom. The van der Waals surface area contributed by atoms with Crippen LogP contribution in [0.2, 0.25) is 0 Å². The number of H-pyrrole nitrogens is 1. The Bertz CT molecular complexity index is 1020. The number of nitrogens with zero attached hydrogens (tertiary/aromatic N) is 8. The van der Waals surface area contributed by atoms with E-state index in [0.29, 0.717) is 35.5 Å². The number of likely N-dealkylation sites (N-methyl/N-ethyl adjacent to an activating group) is 1. The molecule has 31 heavy (non-hydrogen) atoms. The molecule has 4 rings (SSSR count). The van der Waals surface area contributed by atoms with E-state index in [4.69, 9.17) is 0 Å². The third-order valence-corrected chi connectivity index (χ3v) is 5.12. The van der Waals surface area contributed by atoms with E-state index in [1.807, 2.05) is 19.9 Å². The van der Waals surface area contributed by atoms with Crippen LogP contribution in [-0.4, -0.2) is 73.2 Å². The van der Waals surface area contributed by atoms with Crippen LogP contribution in [0.3, 0.4) is 0 Å². The minimum Gasteiger partial charge on any atom is -0.344 e. The van der Waals surface area contributed by atoms with Gasteiger partial charge in [0.15, 0.2) is 11.6 Å². The second-order valence-corrected chi connectivity index (χ2v) is 7.82. The maximum atomic E-state index is 13.1. The first kappa shape index (κ1) is 20.8. The number of halogens is 1. The zero-order chi connectivity index (χ0) is 22.0. The molecule has 1 aliphatic heterocycles. The highest BCUT2D eigenvalue weighted by Crippen LogP contribution is 2.23. The van der Waals surface area contributed by atoms with Crippen molar-refractivity contribution in [3.8, 4) is 0 Å². The average molecular weight is 427 g/mol. The van der Waals surface area contributed by atoms with Gasteiger partial charge in [0, 0.05) is 30.9 Å². The van der Waals surface area contributed by atoms with E-state index >= 15 is 0 Å². The molecule has 164 valence electrons. The van der Waals surface area contributed by atoms with Gasteiger partial charge in [-0.15, -0.1) is 0 Å². The lowest BCUT2D eigenvalue weighted by molar-refractivity contribution is 0.315.